The summed E-state index contributed by atoms with van der Waals surface area (Å²) in [4.78, 5) is 24.9. The average Bonchev–Trinajstić information content (AvgIpc) is 2.30. The summed E-state index contributed by atoms with van der Waals surface area (Å²) in [6.45, 7) is 0.375. The van der Waals surface area contributed by atoms with Gasteiger partial charge in [-0.1, -0.05) is 12.8 Å². The van der Waals surface area contributed by atoms with Crippen LogP contribution < -0.4 is 0 Å². The number of rotatable bonds is 9. The average molecular weight is 250 g/mol. The Kier molecular flexibility index (Phi) is 10.3. The summed E-state index contributed by atoms with van der Waals surface area (Å²) in [5.74, 6) is -0.395. The molecule has 0 aromatic heterocycles. The van der Waals surface area contributed by atoms with E-state index in [0.29, 0.717) is 6.61 Å². The van der Waals surface area contributed by atoms with Crippen LogP contribution in [0, 0.1) is 0 Å². The number of hydrogen-bond acceptors (Lipinski definition) is 6. The maximum Gasteiger partial charge on any atom is 0.342 e. The number of esters is 1. The quantitative estimate of drug-likeness (QED) is 0.215. The van der Waals surface area contributed by atoms with E-state index >= 15 is 0 Å². The zero-order chi connectivity index (χ0) is 12.2. The zero-order valence-corrected chi connectivity index (χ0v) is 10.1. The molecule has 0 aliphatic carbocycles. The van der Waals surface area contributed by atoms with Gasteiger partial charge in [0, 0.05) is 0 Å². The van der Waals surface area contributed by atoms with E-state index in [-0.39, 0.29) is 12.8 Å². The lowest BCUT2D eigenvalue weighted by Gasteiger charge is -2.03. The number of hydrogen-bond donors (Lipinski definition) is 2. The van der Waals surface area contributed by atoms with Crippen LogP contribution in [-0.4, -0.2) is 29.6 Å². The number of unbranched alkanes of at least 4 members (excludes halogenated alkanes) is 3. The van der Waals surface area contributed by atoms with Crippen molar-refractivity contribution in [1.82, 2.24) is 0 Å². The molecule has 5 nitrogen and oxygen atoms in total. The van der Waals surface area contributed by atoms with Crippen LogP contribution in [0.25, 0.3) is 0 Å². The molecule has 0 unspecified atom stereocenters. The monoisotopic (exact) mass is 250 g/mol. The Hall–Kier alpha value is -0.750. The predicted molar refractivity (Wildman–Crippen MR) is 61.2 cm³/mol. The second-order valence-electron chi connectivity index (χ2n) is 3.32. The summed E-state index contributed by atoms with van der Waals surface area (Å²) < 4.78 is 4.87. The number of ether oxygens (including phenoxy) is 1. The van der Waals surface area contributed by atoms with Crippen LogP contribution in [0.4, 0.5) is 0 Å². The van der Waals surface area contributed by atoms with Crippen LogP contribution in [0.15, 0.2) is 0 Å². The highest BCUT2D eigenvalue weighted by Gasteiger charge is 2.08. The van der Waals surface area contributed by atoms with Gasteiger partial charge in [-0.25, -0.2) is 4.79 Å². The minimum absolute atomic E-state index is 0.0595. The highest BCUT2D eigenvalue weighted by Crippen LogP contribution is 2.02. The van der Waals surface area contributed by atoms with Crippen molar-refractivity contribution >= 4 is 24.6 Å². The van der Waals surface area contributed by atoms with Crippen LogP contribution in [-0.2, 0) is 19.2 Å². The molecule has 94 valence electrons. The van der Waals surface area contributed by atoms with Gasteiger partial charge < -0.3 is 9.62 Å². The first-order valence-electron chi connectivity index (χ1n) is 5.31. The van der Waals surface area contributed by atoms with E-state index in [1.807, 2.05) is 0 Å². The predicted octanol–water partition coefficient (Wildman–Crippen LogP) is 1.82. The van der Waals surface area contributed by atoms with Crippen molar-refractivity contribution in [1.29, 1.82) is 0 Å². The van der Waals surface area contributed by atoms with Crippen molar-refractivity contribution in [2.24, 2.45) is 0 Å². The lowest BCUT2D eigenvalue weighted by atomic mass is 10.2. The summed E-state index contributed by atoms with van der Waals surface area (Å²) in [5.41, 5.74) is 0. The van der Waals surface area contributed by atoms with Crippen molar-refractivity contribution in [2.75, 3.05) is 12.4 Å². The minimum atomic E-state index is -0.828. The highest BCUT2D eigenvalue weighted by molar-refractivity contribution is 7.80. The molecule has 0 aliphatic heterocycles. The first-order chi connectivity index (χ1) is 7.70. The van der Waals surface area contributed by atoms with Crippen molar-refractivity contribution in [3.05, 3.63) is 0 Å². The fourth-order valence-electron chi connectivity index (χ4n) is 1.08. The molecule has 0 heterocycles. The molecule has 0 atom stereocenters. The van der Waals surface area contributed by atoms with Gasteiger partial charge >= 0.3 is 11.9 Å². The van der Waals surface area contributed by atoms with Crippen molar-refractivity contribution in [2.45, 2.75) is 38.5 Å². The number of carbonyl (C=O) groups is 2. The first-order valence-corrected chi connectivity index (χ1v) is 5.94. The van der Waals surface area contributed by atoms with Gasteiger partial charge in [0.05, 0.1) is 19.4 Å². The molecule has 0 aromatic rings. The molecule has 6 heteroatoms. The molecule has 1 N–H and O–H groups in total. The molecule has 0 saturated heterocycles. The molecule has 0 saturated carbocycles. The summed E-state index contributed by atoms with van der Waals surface area (Å²) in [6, 6.07) is 0. The van der Waals surface area contributed by atoms with Gasteiger partial charge in [0.2, 0.25) is 0 Å². The van der Waals surface area contributed by atoms with Crippen molar-refractivity contribution in [3.8, 4) is 0 Å². The Balaban J connectivity index is 3.27. The van der Waals surface area contributed by atoms with Gasteiger partial charge in [-0.3, -0.25) is 4.79 Å². The van der Waals surface area contributed by atoms with Gasteiger partial charge in [-0.05, 0) is 18.6 Å². The minimum Gasteiger partial charge on any atom is -0.466 e. The van der Waals surface area contributed by atoms with E-state index in [2.05, 4.69) is 17.5 Å². The fourth-order valence-corrected chi connectivity index (χ4v) is 1.30. The van der Waals surface area contributed by atoms with E-state index in [4.69, 9.17) is 9.99 Å². The maximum absolute atomic E-state index is 11.0. The molecule has 0 amide bonds. The Labute approximate surface area is 100 Å². The zero-order valence-electron chi connectivity index (χ0n) is 9.18. The number of carbonyl (C=O) groups excluding carboxylic acids is 2. The Bertz CT molecular complexity index is 207. The molecule has 0 rings (SSSR count). The Morgan fingerprint density at radius 2 is 1.62 bits per heavy atom. The van der Waals surface area contributed by atoms with E-state index in [9.17, 15) is 9.59 Å². The summed E-state index contributed by atoms with van der Waals surface area (Å²) >= 11 is 4.08. The molecule has 16 heavy (non-hydrogen) atoms. The summed E-state index contributed by atoms with van der Waals surface area (Å²) in [7, 11) is 0. The van der Waals surface area contributed by atoms with Gasteiger partial charge in [-0.15, -0.1) is 0 Å². The van der Waals surface area contributed by atoms with Crippen LogP contribution in [0.1, 0.15) is 38.5 Å². The lowest BCUT2D eigenvalue weighted by Crippen LogP contribution is -2.09. The highest BCUT2D eigenvalue weighted by atomic mass is 32.1. The summed E-state index contributed by atoms with van der Waals surface area (Å²) in [6.07, 6.45) is 3.76. The molecule has 0 bridgehead atoms. The third-order valence-electron chi connectivity index (χ3n) is 1.95. The smallest absolute Gasteiger partial charge is 0.342 e. The molecule has 0 spiro atoms. The van der Waals surface area contributed by atoms with Crippen molar-refractivity contribution in [3.63, 3.8) is 0 Å². The molecule has 0 aliphatic rings. The Morgan fingerprint density at radius 1 is 1.00 bits per heavy atom. The maximum atomic E-state index is 11.0. The first kappa shape index (κ1) is 15.2. The van der Waals surface area contributed by atoms with Crippen molar-refractivity contribution < 1.29 is 24.5 Å². The van der Waals surface area contributed by atoms with Gasteiger partial charge in [0.25, 0.3) is 0 Å². The van der Waals surface area contributed by atoms with Crippen LogP contribution >= 0.6 is 12.6 Å². The molecular weight excluding hydrogens is 232 g/mol. The van der Waals surface area contributed by atoms with E-state index in [0.717, 1.165) is 31.4 Å². The largest absolute Gasteiger partial charge is 0.466 e. The lowest BCUT2D eigenvalue weighted by molar-refractivity contribution is -0.234. The Morgan fingerprint density at radius 3 is 2.25 bits per heavy atom. The standard InChI is InChI=1S/C10H18O5S/c11-9(5-6-10(12)15-13)14-7-3-1-2-4-8-16/h13,16H,1-8H2. The third kappa shape index (κ3) is 9.79. The molecule has 0 fully saturated rings. The molecular formula is C10H18O5S. The topological polar surface area (TPSA) is 72.8 Å². The van der Waals surface area contributed by atoms with Gasteiger partial charge in [0.1, 0.15) is 0 Å². The van der Waals surface area contributed by atoms with E-state index < -0.39 is 11.9 Å². The van der Waals surface area contributed by atoms with Crippen LogP contribution in [0.3, 0.4) is 0 Å². The molecule has 0 radical (unpaired) electrons. The SMILES string of the molecule is O=C(CCC(=O)OCCCCCCS)OO. The summed E-state index contributed by atoms with van der Waals surface area (Å²) in [5, 5.41) is 7.94. The normalized spacial score (nSPS) is 9.88. The van der Waals surface area contributed by atoms with E-state index in [1.165, 1.54) is 0 Å². The third-order valence-corrected chi connectivity index (χ3v) is 2.27. The van der Waals surface area contributed by atoms with Gasteiger partial charge in [0.15, 0.2) is 0 Å². The second-order valence-corrected chi connectivity index (χ2v) is 3.77. The molecule has 0 aromatic carbocycles. The van der Waals surface area contributed by atoms with Gasteiger partial charge in [-0.2, -0.15) is 17.9 Å². The number of thiol groups is 1. The second kappa shape index (κ2) is 10.8. The van der Waals surface area contributed by atoms with Crippen LogP contribution in [0.5, 0.6) is 0 Å². The van der Waals surface area contributed by atoms with E-state index in [1.54, 1.807) is 0 Å². The van der Waals surface area contributed by atoms with Crippen LogP contribution in [0.2, 0.25) is 0 Å². The fraction of sp³-hybridized carbons (Fsp3) is 0.800.